The molecule has 2 aliphatic rings. The highest BCUT2D eigenvalue weighted by Crippen LogP contribution is 2.36. The first-order valence-electron chi connectivity index (χ1n) is 9.54. The third-order valence-corrected chi connectivity index (χ3v) is 5.48. The third-order valence-electron chi connectivity index (χ3n) is 5.48. The van der Waals surface area contributed by atoms with Crippen LogP contribution in [0.25, 0.3) is 0 Å². The first kappa shape index (κ1) is 20.0. The van der Waals surface area contributed by atoms with Gasteiger partial charge in [0.15, 0.2) is 11.5 Å². The van der Waals surface area contributed by atoms with E-state index in [2.05, 4.69) is 5.32 Å². The molecule has 0 unspecified atom stereocenters. The topological polar surface area (TPSA) is 94.2 Å². The van der Waals surface area contributed by atoms with Gasteiger partial charge in [0.05, 0.1) is 13.0 Å². The zero-order valence-electron chi connectivity index (χ0n) is 16.4. The number of carbonyl (C=O) groups is 3. The van der Waals surface area contributed by atoms with Crippen LogP contribution in [0.15, 0.2) is 18.2 Å². The molecule has 2 heterocycles. The Balaban J connectivity index is 1.73. The molecule has 1 fully saturated rings. The molecule has 28 heavy (non-hydrogen) atoms. The number of hydrogen-bond acceptors (Lipinski definition) is 6. The number of anilines is 1. The minimum absolute atomic E-state index is 0.0883. The molecule has 3 rings (SSSR count). The van der Waals surface area contributed by atoms with E-state index in [-0.39, 0.29) is 24.8 Å². The fourth-order valence-corrected chi connectivity index (χ4v) is 3.63. The number of benzene rings is 1. The fraction of sp³-hybridized carbons (Fsp3) is 0.550. The monoisotopic (exact) mass is 390 g/mol. The van der Waals surface area contributed by atoms with Crippen LogP contribution in [0.3, 0.4) is 0 Å². The Kier molecular flexibility index (Phi) is 5.76. The van der Waals surface area contributed by atoms with Crippen molar-refractivity contribution in [2.75, 3.05) is 31.8 Å². The number of nitrogens with one attached hydrogen (secondary N) is 1. The highest BCUT2D eigenvalue weighted by molar-refractivity contribution is 6.01. The molecule has 1 atom stereocenters. The number of hydrogen-bond donors (Lipinski definition) is 1. The van der Waals surface area contributed by atoms with Crippen molar-refractivity contribution in [3.05, 3.63) is 18.2 Å². The van der Waals surface area contributed by atoms with Gasteiger partial charge in [0.2, 0.25) is 11.8 Å². The molecule has 0 bridgehead atoms. The van der Waals surface area contributed by atoms with E-state index in [0.717, 1.165) is 0 Å². The molecular formula is C20H26N2O6. The van der Waals surface area contributed by atoms with Crippen LogP contribution in [0.5, 0.6) is 11.5 Å². The average molecular weight is 390 g/mol. The van der Waals surface area contributed by atoms with Gasteiger partial charge in [0.1, 0.15) is 18.8 Å². The van der Waals surface area contributed by atoms with E-state index in [9.17, 15) is 14.4 Å². The number of carbonyl (C=O) groups excluding carboxylic acids is 3. The Morgan fingerprint density at radius 3 is 2.54 bits per heavy atom. The molecule has 8 heteroatoms. The van der Waals surface area contributed by atoms with E-state index in [0.29, 0.717) is 43.2 Å². The summed E-state index contributed by atoms with van der Waals surface area (Å²) in [6, 6.07) is 5.30. The Hall–Kier alpha value is -2.77. The molecule has 0 aliphatic carbocycles. The summed E-state index contributed by atoms with van der Waals surface area (Å²) in [6.07, 6.45) is 0.911. The van der Waals surface area contributed by atoms with Crippen LogP contribution in [0.1, 0.15) is 33.1 Å². The smallest absolute Gasteiger partial charge is 0.331 e. The van der Waals surface area contributed by atoms with Gasteiger partial charge in [-0.1, -0.05) is 13.8 Å². The summed E-state index contributed by atoms with van der Waals surface area (Å²) in [6.45, 7) is 4.84. The molecule has 1 saturated heterocycles. The number of amides is 2. The SMILES string of the molecule is CCC(CC)(NC(=O)[C@@H]1CC(=O)N(c2ccc3c(c2)OCCO3)C1)C(=O)OC. The summed E-state index contributed by atoms with van der Waals surface area (Å²) in [5.74, 6) is -0.242. The lowest BCUT2D eigenvalue weighted by atomic mass is 9.91. The summed E-state index contributed by atoms with van der Waals surface area (Å²) in [4.78, 5) is 39.1. The Bertz CT molecular complexity index is 774. The van der Waals surface area contributed by atoms with Crippen molar-refractivity contribution in [2.24, 2.45) is 5.92 Å². The lowest BCUT2D eigenvalue weighted by Gasteiger charge is -2.30. The summed E-state index contributed by atoms with van der Waals surface area (Å²) < 4.78 is 15.9. The number of nitrogens with zero attached hydrogens (tertiary/aromatic N) is 1. The van der Waals surface area contributed by atoms with Gasteiger partial charge >= 0.3 is 5.97 Å². The van der Waals surface area contributed by atoms with E-state index >= 15 is 0 Å². The Morgan fingerprint density at radius 2 is 1.89 bits per heavy atom. The van der Waals surface area contributed by atoms with Crippen LogP contribution in [0, 0.1) is 5.92 Å². The summed E-state index contributed by atoms with van der Waals surface area (Å²) in [7, 11) is 1.30. The van der Waals surface area contributed by atoms with Crippen LogP contribution in [-0.4, -0.2) is 50.2 Å². The molecule has 2 aliphatic heterocycles. The van der Waals surface area contributed by atoms with Crippen LogP contribution >= 0.6 is 0 Å². The van der Waals surface area contributed by atoms with Crippen LogP contribution < -0.4 is 19.7 Å². The summed E-state index contributed by atoms with van der Waals surface area (Å²) in [5, 5.41) is 2.83. The number of fused-ring (bicyclic) bond motifs is 1. The first-order valence-corrected chi connectivity index (χ1v) is 9.54. The van der Waals surface area contributed by atoms with E-state index in [1.54, 1.807) is 23.1 Å². The second-order valence-electron chi connectivity index (χ2n) is 7.00. The minimum Gasteiger partial charge on any atom is -0.486 e. The van der Waals surface area contributed by atoms with E-state index < -0.39 is 17.4 Å². The number of methoxy groups -OCH3 is 1. The zero-order chi connectivity index (χ0) is 20.3. The fourth-order valence-electron chi connectivity index (χ4n) is 3.63. The second kappa shape index (κ2) is 8.08. The quantitative estimate of drug-likeness (QED) is 0.743. The zero-order valence-corrected chi connectivity index (χ0v) is 16.4. The van der Waals surface area contributed by atoms with Gasteiger partial charge in [-0.15, -0.1) is 0 Å². The molecule has 8 nitrogen and oxygen atoms in total. The van der Waals surface area contributed by atoms with Gasteiger partial charge < -0.3 is 24.4 Å². The van der Waals surface area contributed by atoms with Crippen LogP contribution in [-0.2, 0) is 19.1 Å². The molecule has 0 spiro atoms. The Labute approximate surface area is 164 Å². The molecule has 1 aromatic carbocycles. The molecule has 2 amide bonds. The number of esters is 1. The largest absolute Gasteiger partial charge is 0.486 e. The molecule has 0 radical (unpaired) electrons. The third kappa shape index (κ3) is 3.63. The van der Waals surface area contributed by atoms with Gasteiger partial charge in [0.25, 0.3) is 0 Å². The summed E-state index contributed by atoms with van der Waals surface area (Å²) in [5.41, 5.74) is -0.408. The Morgan fingerprint density at radius 1 is 1.21 bits per heavy atom. The van der Waals surface area contributed by atoms with Crippen LogP contribution in [0.4, 0.5) is 5.69 Å². The summed E-state index contributed by atoms with van der Waals surface area (Å²) >= 11 is 0. The maximum Gasteiger partial charge on any atom is 0.331 e. The van der Waals surface area contributed by atoms with Gasteiger partial charge in [0, 0.05) is 24.7 Å². The molecular weight excluding hydrogens is 364 g/mol. The van der Waals surface area contributed by atoms with Crippen molar-refractivity contribution in [1.29, 1.82) is 0 Å². The normalized spacial score (nSPS) is 18.8. The van der Waals surface area contributed by atoms with Crippen molar-refractivity contribution < 1.29 is 28.6 Å². The molecule has 0 saturated carbocycles. The van der Waals surface area contributed by atoms with Crippen molar-refractivity contribution in [1.82, 2.24) is 5.32 Å². The highest BCUT2D eigenvalue weighted by Gasteiger charge is 2.42. The second-order valence-corrected chi connectivity index (χ2v) is 7.00. The predicted molar refractivity (Wildman–Crippen MR) is 101 cm³/mol. The van der Waals surface area contributed by atoms with Crippen LogP contribution in [0.2, 0.25) is 0 Å². The standard InChI is InChI=1S/C20H26N2O6/c1-4-20(5-2,19(25)26-3)21-18(24)13-10-17(23)22(12-13)14-6-7-15-16(11-14)28-9-8-27-15/h6-7,11,13H,4-5,8-10,12H2,1-3H3,(H,21,24)/t13-/m1/s1. The minimum atomic E-state index is -1.07. The van der Waals surface area contributed by atoms with E-state index in [1.165, 1.54) is 7.11 Å². The highest BCUT2D eigenvalue weighted by atomic mass is 16.6. The number of ether oxygens (including phenoxy) is 3. The average Bonchev–Trinajstić information content (AvgIpc) is 3.12. The maximum atomic E-state index is 12.8. The maximum absolute atomic E-state index is 12.8. The van der Waals surface area contributed by atoms with E-state index in [4.69, 9.17) is 14.2 Å². The van der Waals surface area contributed by atoms with Crippen molar-refractivity contribution in [3.8, 4) is 11.5 Å². The first-order chi connectivity index (χ1) is 13.4. The number of rotatable bonds is 6. The van der Waals surface area contributed by atoms with Gasteiger partial charge in [-0.05, 0) is 25.0 Å². The van der Waals surface area contributed by atoms with Gasteiger partial charge in [-0.3, -0.25) is 9.59 Å². The predicted octanol–water partition coefficient (Wildman–Crippen LogP) is 1.66. The molecule has 0 aromatic heterocycles. The molecule has 1 aromatic rings. The van der Waals surface area contributed by atoms with Crippen molar-refractivity contribution >= 4 is 23.5 Å². The van der Waals surface area contributed by atoms with Gasteiger partial charge in [-0.2, -0.15) is 0 Å². The lowest BCUT2D eigenvalue weighted by Crippen LogP contribution is -2.56. The lowest BCUT2D eigenvalue weighted by molar-refractivity contribution is -0.152. The van der Waals surface area contributed by atoms with Crippen molar-refractivity contribution in [2.45, 2.75) is 38.6 Å². The molecule has 1 N–H and O–H groups in total. The molecule has 152 valence electrons. The van der Waals surface area contributed by atoms with Gasteiger partial charge in [-0.25, -0.2) is 4.79 Å². The van der Waals surface area contributed by atoms with Crippen molar-refractivity contribution in [3.63, 3.8) is 0 Å². The van der Waals surface area contributed by atoms with E-state index in [1.807, 2.05) is 13.8 Å².